The van der Waals surface area contributed by atoms with Crippen LogP contribution in [-0.4, -0.2) is 50.3 Å². The Balaban J connectivity index is 1.70. The van der Waals surface area contributed by atoms with E-state index in [1.807, 2.05) is 30.3 Å². The van der Waals surface area contributed by atoms with E-state index >= 15 is 0 Å². The number of likely N-dealkylation sites (N-methyl/N-ethyl adjacent to an activating group) is 1. The van der Waals surface area contributed by atoms with Crippen LogP contribution in [0, 0.1) is 0 Å². The SMILES string of the molecule is COC(=O)[C@H](C)NC(=O)Oc1cc2c(cc1Cl)CCN(C)CC2c1cccc2ccoc12. The van der Waals surface area contributed by atoms with Gasteiger partial charge in [-0.3, -0.25) is 0 Å². The van der Waals surface area contributed by atoms with E-state index < -0.39 is 18.1 Å². The van der Waals surface area contributed by atoms with Crippen LogP contribution in [0.5, 0.6) is 5.75 Å². The van der Waals surface area contributed by atoms with Crippen LogP contribution in [0.2, 0.25) is 5.02 Å². The van der Waals surface area contributed by atoms with E-state index in [0.29, 0.717) is 5.02 Å². The van der Waals surface area contributed by atoms with E-state index in [2.05, 4.69) is 28.1 Å². The van der Waals surface area contributed by atoms with Crippen LogP contribution in [0.15, 0.2) is 47.1 Å². The molecule has 1 aliphatic heterocycles. The summed E-state index contributed by atoms with van der Waals surface area (Å²) in [6.07, 6.45) is 1.74. The highest BCUT2D eigenvalue weighted by molar-refractivity contribution is 6.32. The number of fused-ring (bicyclic) bond motifs is 2. The van der Waals surface area contributed by atoms with Crippen molar-refractivity contribution in [3.8, 4) is 5.75 Å². The average molecular weight is 457 g/mol. The largest absolute Gasteiger partial charge is 0.467 e. The Morgan fingerprint density at radius 2 is 2.06 bits per heavy atom. The summed E-state index contributed by atoms with van der Waals surface area (Å²) in [5.74, 6) is -0.324. The Hall–Kier alpha value is -3.03. The zero-order valence-electron chi connectivity index (χ0n) is 18.2. The van der Waals surface area contributed by atoms with Gasteiger partial charge in [0.1, 0.15) is 11.6 Å². The van der Waals surface area contributed by atoms with Gasteiger partial charge in [0.25, 0.3) is 0 Å². The second kappa shape index (κ2) is 9.22. The first kappa shape index (κ1) is 22.2. The number of carbonyl (C=O) groups excluding carboxylic acids is 2. The molecule has 1 aliphatic rings. The van der Waals surface area contributed by atoms with Crippen molar-refractivity contribution in [3.05, 3.63) is 64.4 Å². The molecule has 4 rings (SSSR count). The predicted molar refractivity (Wildman–Crippen MR) is 121 cm³/mol. The molecule has 2 atom stereocenters. The van der Waals surface area contributed by atoms with Gasteiger partial charge in [-0.2, -0.15) is 0 Å². The maximum atomic E-state index is 12.4. The van der Waals surface area contributed by atoms with E-state index in [9.17, 15) is 9.59 Å². The van der Waals surface area contributed by atoms with E-state index in [-0.39, 0.29) is 11.7 Å². The molecule has 7 nitrogen and oxygen atoms in total. The lowest BCUT2D eigenvalue weighted by Gasteiger charge is -2.23. The molecule has 0 saturated carbocycles. The first-order chi connectivity index (χ1) is 15.4. The Morgan fingerprint density at radius 1 is 1.25 bits per heavy atom. The van der Waals surface area contributed by atoms with Gasteiger partial charge in [0.05, 0.1) is 18.4 Å². The molecule has 0 spiro atoms. The van der Waals surface area contributed by atoms with Crippen LogP contribution < -0.4 is 10.1 Å². The summed E-state index contributed by atoms with van der Waals surface area (Å²) in [6.45, 7) is 3.17. The van der Waals surface area contributed by atoms with Crippen LogP contribution in [0.4, 0.5) is 4.79 Å². The Morgan fingerprint density at radius 3 is 2.84 bits per heavy atom. The summed E-state index contributed by atoms with van der Waals surface area (Å²) >= 11 is 6.46. The van der Waals surface area contributed by atoms with Gasteiger partial charge in [-0.05, 0) is 49.7 Å². The number of amides is 1. The standard InChI is InChI=1S/C24H25ClN2O5/c1-14(23(28)30-3)26-24(29)32-21-12-18-16(11-20(21)25)7-9-27(2)13-19(18)17-6-4-5-15-8-10-31-22(15)17/h4-6,8,10-12,14,19H,7,9,13H2,1-3H3,(H,26,29)/t14-,19?/m0/s1. The number of nitrogens with one attached hydrogen (secondary N) is 1. The van der Waals surface area contributed by atoms with Crippen molar-refractivity contribution in [2.75, 3.05) is 27.2 Å². The summed E-state index contributed by atoms with van der Waals surface area (Å²) in [7, 11) is 3.34. The van der Waals surface area contributed by atoms with E-state index in [4.69, 9.17) is 20.8 Å². The summed E-state index contributed by atoms with van der Waals surface area (Å²) in [5, 5.41) is 3.83. The Bertz CT molecular complexity index is 1160. The molecule has 0 saturated heterocycles. The van der Waals surface area contributed by atoms with Gasteiger partial charge in [-0.1, -0.05) is 29.8 Å². The molecule has 1 aromatic heterocycles. The van der Waals surface area contributed by atoms with Crippen molar-refractivity contribution in [2.24, 2.45) is 0 Å². The zero-order chi connectivity index (χ0) is 22.8. The molecule has 8 heteroatoms. The number of methoxy groups -OCH3 is 1. The van der Waals surface area contributed by atoms with Crippen molar-refractivity contribution >= 4 is 34.6 Å². The molecule has 1 amide bonds. The first-order valence-electron chi connectivity index (χ1n) is 10.4. The minimum Gasteiger partial charge on any atom is -0.467 e. The Labute approximate surface area is 191 Å². The number of halogens is 1. The van der Waals surface area contributed by atoms with Crippen molar-refractivity contribution in [1.82, 2.24) is 10.2 Å². The zero-order valence-corrected chi connectivity index (χ0v) is 18.9. The number of esters is 1. The first-order valence-corrected chi connectivity index (χ1v) is 10.8. The highest BCUT2D eigenvalue weighted by Crippen LogP contribution is 2.39. The summed E-state index contributed by atoms with van der Waals surface area (Å²) in [4.78, 5) is 26.2. The third-order valence-electron chi connectivity index (χ3n) is 5.80. The topological polar surface area (TPSA) is 81.0 Å². The van der Waals surface area contributed by atoms with E-state index in [1.165, 1.54) is 14.0 Å². The van der Waals surface area contributed by atoms with Crippen molar-refractivity contribution in [1.29, 1.82) is 0 Å². The summed E-state index contributed by atoms with van der Waals surface area (Å²) in [5.41, 5.74) is 4.05. The maximum Gasteiger partial charge on any atom is 0.413 e. The highest BCUT2D eigenvalue weighted by Gasteiger charge is 2.27. The number of furan rings is 1. The molecule has 2 heterocycles. The maximum absolute atomic E-state index is 12.4. The molecule has 32 heavy (non-hydrogen) atoms. The summed E-state index contributed by atoms with van der Waals surface area (Å²) < 4.78 is 15.9. The van der Waals surface area contributed by atoms with Gasteiger partial charge in [0.2, 0.25) is 0 Å². The van der Waals surface area contributed by atoms with Crippen LogP contribution in [0.25, 0.3) is 11.0 Å². The summed E-state index contributed by atoms with van der Waals surface area (Å²) in [6, 6.07) is 10.9. The molecular formula is C24H25ClN2O5. The van der Waals surface area contributed by atoms with E-state index in [1.54, 1.807) is 6.26 Å². The second-order valence-corrected chi connectivity index (χ2v) is 8.42. The van der Waals surface area contributed by atoms with Gasteiger partial charge in [-0.25, -0.2) is 9.59 Å². The molecule has 3 aromatic rings. The molecule has 1 N–H and O–H groups in total. The minimum absolute atomic E-state index is 0.00372. The number of benzene rings is 2. The van der Waals surface area contributed by atoms with Crippen LogP contribution in [0.1, 0.15) is 29.5 Å². The lowest BCUT2D eigenvalue weighted by molar-refractivity contribution is -0.142. The molecule has 2 aromatic carbocycles. The van der Waals surface area contributed by atoms with Gasteiger partial charge in [0.15, 0.2) is 5.75 Å². The average Bonchev–Trinajstić information content (AvgIpc) is 3.20. The number of rotatable bonds is 4. The van der Waals surface area contributed by atoms with Gasteiger partial charge < -0.3 is 24.1 Å². The molecule has 0 radical (unpaired) electrons. The van der Waals surface area contributed by atoms with Crippen LogP contribution >= 0.6 is 11.6 Å². The number of hydrogen-bond acceptors (Lipinski definition) is 6. The lowest BCUT2D eigenvalue weighted by atomic mass is 9.87. The van der Waals surface area contributed by atoms with Gasteiger partial charge in [0, 0.05) is 30.0 Å². The minimum atomic E-state index is -0.843. The third kappa shape index (κ3) is 4.45. The normalized spacial score (nSPS) is 17.3. The van der Waals surface area contributed by atoms with Crippen molar-refractivity contribution < 1.29 is 23.5 Å². The predicted octanol–water partition coefficient (Wildman–Crippen LogP) is 4.36. The van der Waals surface area contributed by atoms with Crippen LogP contribution in [-0.2, 0) is 16.0 Å². The van der Waals surface area contributed by atoms with E-state index in [0.717, 1.165) is 47.2 Å². The smallest absolute Gasteiger partial charge is 0.413 e. The molecular weight excluding hydrogens is 432 g/mol. The van der Waals surface area contributed by atoms with Crippen molar-refractivity contribution in [2.45, 2.75) is 25.3 Å². The number of carbonyl (C=O) groups is 2. The third-order valence-corrected chi connectivity index (χ3v) is 6.10. The molecule has 1 unspecified atom stereocenters. The van der Waals surface area contributed by atoms with Gasteiger partial charge >= 0.3 is 12.1 Å². The number of ether oxygens (including phenoxy) is 2. The van der Waals surface area contributed by atoms with Gasteiger partial charge in [-0.15, -0.1) is 0 Å². The monoisotopic (exact) mass is 456 g/mol. The highest BCUT2D eigenvalue weighted by atomic mass is 35.5. The number of nitrogens with zero attached hydrogens (tertiary/aromatic N) is 1. The number of para-hydroxylation sites is 1. The molecule has 0 fully saturated rings. The van der Waals surface area contributed by atoms with Crippen LogP contribution in [0.3, 0.4) is 0 Å². The second-order valence-electron chi connectivity index (χ2n) is 8.01. The molecule has 0 bridgehead atoms. The fourth-order valence-corrected chi connectivity index (χ4v) is 4.37. The fraction of sp³-hybridized carbons (Fsp3) is 0.333. The number of hydrogen-bond donors (Lipinski definition) is 1. The molecule has 168 valence electrons. The quantitative estimate of drug-likeness (QED) is 0.587. The fourth-order valence-electron chi connectivity index (χ4n) is 4.14. The van der Waals surface area contributed by atoms with Crippen molar-refractivity contribution in [3.63, 3.8) is 0 Å². The lowest BCUT2D eigenvalue weighted by Crippen LogP contribution is -2.40. The molecule has 0 aliphatic carbocycles. The Kier molecular flexibility index (Phi) is 6.39.